The van der Waals surface area contributed by atoms with Crippen LogP contribution in [0, 0.1) is 0 Å². The van der Waals surface area contributed by atoms with E-state index in [0.29, 0.717) is 0 Å². The van der Waals surface area contributed by atoms with Gasteiger partial charge < -0.3 is 9.47 Å². The second-order valence-electron chi connectivity index (χ2n) is 6.08. The number of halogens is 3. The van der Waals surface area contributed by atoms with Gasteiger partial charge in [0.15, 0.2) is 11.4 Å². The molecule has 30 heavy (non-hydrogen) atoms. The van der Waals surface area contributed by atoms with Crippen molar-refractivity contribution in [1.82, 2.24) is 15.0 Å². The molecule has 0 amide bonds. The highest BCUT2D eigenvalue weighted by atomic mass is 19.4. The van der Waals surface area contributed by atoms with E-state index < -0.39 is 23.5 Å². The zero-order valence-corrected chi connectivity index (χ0v) is 15.4. The Morgan fingerprint density at radius 1 is 0.633 bits per heavy atom. The lowest BCUT2D eigenvalue weighted by atomic mass is 10.2. The fraction of sp³-hybridized carbons (Fsp3) is 0.0455. The van der Waals surface area contributed by atoms with Gasteiger partial charge in [-0.05, 0) is 36.4 Å². The molecule has 8 heteroatoms. The summed E-state index contributed by atoms with van der Waals surface area (Å²) >= 11 is 0. The third kappa shape index (κ3) is 4.38. The molecule has 0 saturated heterocycles. The van der Waals surface area contributed by atoms with Crippen molar-refractivity contribution in [3.63, 3.8) is 0 Å². The number of benzene rings is 2. The average molecular weight is 409 g/mol. The van der Waals surface area contributed by atoms with E-state index in [0.717, 1.165) is 0 Å². The van der Waals surface area contributed by atoms with Gasteiger partial charge in [0.25, 0.3) is 0 Å². The lowest BCUT2D eigenvalue weighted by molar-refractivity contribution is -0.140. The Hall–Kier alpha value is -3.94. The first-order valence-electron chi connectivity index (χ1n) is 8.87. The molecule has 0 atom stereocenters. The van der Waals surface area contributed by atoms with Gasteiger partial charge in [-0.1, -0.05) is 42.5 Å². The summed E-state index contributed by atoms with van der Waals surface area (Å²) in [6.07, 6.45) is -3.33. The Bertz CT molecular complexity index is 1060. The number of ether oxygens (including phenoxy) is 2. The number of nitrogens with zero attached hydrogens (tertiary/aromatic N) is 3. The van der Waals surface area contributed by atoms with Crippen molar-refractivity contribution in [2.45, 2.75) is 6.18 Å². The number of hydrogen-bond donors (Lipinski definition) is 0. The maximum absolute atomic E-state index is 14.0. The summed E-state index contributed by atoms with van der Waals surface area (Å²) in [6, 6.07) is 21.1. The molecule has 0 aliphatic rings. The minimum atomic E-state index is -4.82. The molecule has 4 rings (SSSR count). The molecular weight excluding hydrogens is 395 g/mol. The molecule has 2 aromatic carbocycles. The molecule has 0 N–H and O–H groups in total. The molecule has 4 aromatic rings. The van der Waals surface area contributed by atoms with Crippen molar-refractivity contribution in [2.24, 2.45) is 0 Å². The van der Waals surface area contributed by atoms with Crippen LogP contribution in [0.3, 0.4) is 0 Å². The van der Waals surface area contributed by atoms with E-state index >= 15 is 0 Å². The third-order valence-corrected chi connectivity index (χ3v) is 3.94. The van der Waals surface area contributed by atoms with Crippen molar-refractivity contribution < 1.29 is 22.6 Å². The predicted octanol–water partition coefficient (Wildman–Crippen LogP) is 6.14. The molecule has 0 fully saturated rings. The van der Waals surface area contributed by atoms with Gasteiger partial charge in [-0.15, -0.1) is 0 Å². The van der Waals surface area contributed by atoms with Gasteiger partial charge in [-0.25, -0.2) is 0 Å². The molecule has 2 aromatic heterocycles. The Kier molecular flexibility index (Phi) is 5.30. The van der Waals surface area contributed by atoms with E-state index in [1.54, 1.807) is 54.6 Å². The maximum atomic E-state index is 14.0. The van der Waals surface area contributed by atoms with Gasteiger partial charge in [0.1, 0.15) is 17.2 Å². The largest absolute Gasteiger partial charge is 0.438 e. The molecule has 5 nitrogen and oxygen atoms in total. The van der Waals surface area contributed by atoms with E-state index in [9.17, 15) is 13.2 Å². The number of para-hydroxylation sites is 2. The minimum Gasteiger partial charge on any atom is -0.438 e. The van der Waals surface area contributed by atoms with Crippen LogP contribution in [0.1, 0.15) is 5.56 Å². The fourth-order valence-electron chi connectivity index (χ4n) is 2.62. The van der Waals surface area contributed by atoms with E-state index in [1.165, 1.54) is 30.5 Å². The summed E-state index contributed by atoms with van der Waals surface area (Å²) < 4.78 is 53.0. The number of hydrogen-bond acceptors (Lipinski definition) is 5. The summed E-state index contributed by atoms with van der Waals surface area (Å²) in [6.45, 7) is 0. The van der Waals surface area contributed by atoms with Crippen LogP contribution in [-0.2, 0) is 6.18 Å². The Balaban J connectivity index is 1.90. The first-order chi connectivity index (χ1) is 14.5. The number of pyridine rings is 1. The zero-order chi connectivity index (χ0) is 21.0. The lowest BCUT2D eigenvalue weighted by Crippen LogP contribution is -2.13. The molecule has 0 aliphatic heterocycles. The first-order valence-corrected chi connectivity index (χ1v) is 8.87. The molecule has 0 bridgehead atoms. The first kappa shape index (κ1) is 19.4. The van der Waals surface area contributed by atoms with Crippen LogP contribution in [0.25, 0.3) is 11.5 Å². The quantitative estimate of drug-likeness (QED) is 0.396. The number of aromatic nitrogens is 3. The van der Waals surface area contributed by atoms with Crippen molar-refractivity contribution in [2.75, 3.05) is 0 Å². The SMILES string of the molecule is FC(F)(F)c1c(Oc2ccccc2)nc(-c2ccccn2)nc1Oc1ccccc1. The Morgan fingerprint density at radius 3 is 1.57 bits per heavy atom. The second kappa shape index (κ2) is 8.20. The summed E-state index contributed by atoms with van der Waals surface area (Å²) in [7, 11) is 0. The number of rotatable bonds is 5. The van der Waals surface area contributed by atoms with Crippen LogP contribution in [0.4, 0.5) is 13.2 Å². The molecule has 0 unspecified atom stereocenters. The summed E-state index contributed by atoms with van der Waals surface area (Å²) in [4.78, 5) is 12.1. The van der Waals surface area contributed by atoms with E-state index in [2.05, 4.69) is 15.0 Å². The van der Waals surface area contributed by atoms with Crippen LogP contribution in [-0.4, -0.2) is 15.0 Å². The van der Waals surface area contributed by atoms with Crippen molar-refractivity contribution in [3.05, 3.63) is 90.6 Å². The summed E-state index contributed by atoms with van der Waals surface area (Å²) in [5.74, 6) is -1.01. The van der Waals surface area contributed by atoms with Crippen LogP contribution in [0.5, 0.6) is 23.3 Å². The van der Waals surface area contributed by atoms with Gasteiger partial charge >= 0.3 is 6.18 Å². The third-order valence-electron chi connectivity index (χ3n) is 3.94. The van der Waals surface area contributed by atoms with E-state index in [1.807, 2.05) is 0 Å². The van der Waals surface area contributed by atoms with Crippen LogP contribution < -0.4 is 9.47 Å². The minimum absolute atomic E-state index is 0.0551. The van der Waals surface area contributed by atoms with Crippen molar-refractivity contribution in [3.8, 4) is 34.8 Å². The summed E-state index contributed by atoms with van der Waals surface area (Å²) in [5.41, 5.74) is -0.933. The average Bonchev–Trinajstić information content (AvgIpc) is 2.75. The van der Waals surface area contributed by atoms with Gasteiger partial charge in [0, 0.05) is 6.20 Å². The van der Waals surface area contributed by atoms with Crippen LogP contribution in [0.15, 0.2) is 85.1 Å². The second-order valence-corrected chi connectivity index (χ2v) is 6.08. The molecular formula is C22H14F3N3O2. The van der Waals surface area contributed by atoms with Crippen molar-refractivity contribution in [1.29, 1.82) is 0 Å². The van der Waals surface area contributed by atoms with E-state index in [-0.39, 0.29) is 23.0 Å². The van der Waals surface area contributed by atoms with Crippen LogP contribution in [0.2, 0.25) is 0 Å². The lowest BCUT2D eigenvalue weighted by Gasteiger charge is -2.17. The molecule has 2 heterocycles. The van der Waals surface area contributed by atoms with Gasteiger partial charge in [-0.2, -0.15) is 23.1 Å². The van der Waals surface area contributed by atoms with Crippen LogP contribution >= 0.6 is 0 Å². The van der Waals surface area contributed by atoms with Crippen molar-refractivity contribution >= 4 is 0 Å². The Morgan fingerprint density at radius 2 is 1.13 bits per heavy atom. The molecule has 0 radical (unpaired) electrons. The normalized spacial score (nSPS) is 11.2. The van der Waals surface area contributed by atoms with Gasteiger partial charge in [-0.3, -0.25) is 4.98 Å². The maximum Gasteiger partial charge on any atom is 0.426 e. The van der Waals surface area contributed by atoms with E-state index in [4.69, 9.17) is 9.47 Å². The fourth-order valence-corrected chi connectivity index (χ4v) is 2.62. The predicted molar refractivity (Wildman–Crippen MR) is 103 cm³/mol. The molecule has 150 valence electrons. The highest BCUT2D eigenvalue weighted by Gasteiger charge is 2.41. The highest BCUT2D eigenvalue weighted by Crippen LogP contribution is 2.44. The highest BCUT2D eigenvalue weighted by molar-refractivity contribution is 5.54. The molecule has 0 spiro atoms. The number of alkyl halides is 3. The Labute approximate surface area is 169 Å². The zero-order valence-electron chi connectivity index (χ0n) is 15.4. The standard InChI is InChI=1S/C22H14F3N3O2/c23-22(24,25)18-20(29-15-9-3-1-4-10-15)27-19(17-13-7-8-14-26-17)28-21(18)30-16-11-5-2-6-12-16/h1-14H. The topological polar surface area (TPSA) is 57.1 Å². The van der Waals surface area contributed by atoms with Gasteiger partial charge in [0.05, 0.1) is 0 Å². The summed E-state index contributed by atoms with van der Waals surface area (Å²) in [5, 5.41) is 0. The van der Waals surface area contributed by atoms with Gasteiger partial charge in [0.2, 0.25) is 11.8 Å². The monoisotopic (exact) mass is 409 g/mol. The molecule has 0 saturated carbocycles. The smallest absolute Gasteiger partial charge is 0.426 e. The molecule has 0 aliphatic carbocycles.